The highest BCUT2D eigenvalue weighted by Crippen LogP contribution is 2.27. The lowest BCUT2D eigenvalue weighted by molar-refractivity contribution is -0.115. The molecule has 0 aliphatic carbocycles. The third-order valence-electron chi connectivity index (χ3n) is 5.68. The Morgan fingerprint density at radius 2 is 2.09 bits per heavy atom. The second kappa shape index (κ2) is 9.90. The number of imide groups is 1. The summed E-state index contributed by atoms with van der Waals surface area (Å²) in [6.07, 6.45) is 5.42. The molecule has 0 radical (unpaired) electrons. The van der Waals surface area contributed by atoms with Crippen molar-refractivity contribution in [2.45, 2.75) is 19.4 Å². The molecule has 0 aromatic carbocycles. The van der Waals surface area contributed by atoms with Crippen molar-refractivity contribution in [3.05, 3.63) is 57.6 Å². The molecule has 0 unspecified atom stereocenters. The summed E-state index contributed by atoms with van der Waals surface area (Å²) >= 11 is 2.56. The van der Waals surface area contributed by atoms with Gasteiger partial charge in [0.05, 0.1) is 17.1 Å². The zero-order valence-corrected chi connectivity index (χ0v) is 19.5. The van der Waals surface area contributed by atoms with Crippen LogP contribution in [-0.4, -0.2) is 40.7 Å². The van der Waals surface area contributed by atoms with Crippen molar-refractivity contribution in [3.8, 4) is 11.3 Å². The number of hydrogen-bond acceptors (Lipinski definition) is 9. The Morgan fingerprint density at radius 3 is 2.85 bits per heavy atom. The molecule has 5 heterocycles. The minimum Gasteiger partial charge on any atom is -0.460 e. The van der Waals surface area contributed by atoms with E-state index in [1.165, 1.54) is 0 Å². The highest BCUT2D eigenvalue weighted by atomic mass is 32.2. The number of rotatable bonds is 7. The van der Waals surface area contributed by atoms with E-state index in [9.17, 15) is 9.59 Å². The minimum atomic E-state index is -0.379. The molecule has 2 fully saturated rings. The molecule has 33 heavy (non-hydrogen) atoms. The van der Waals surface area contributed by atoms with Crippen LogP contribution in [0, 0.1) is 5.92 Å². The Balaban J connectivity index is 1.10. The maximum absolute atomic E-state index is 11.8. The largest absolute Gasteiger partial charge is 0.460 e. The van der Waals surface area contributed by atoms with Crippen molar-refractivity contribution < 1.29 is 14.0 Å². The molecule has 3 aromatic rings. The van der Waals surface area contributed by atoms with Crippen LogP contribution < -0.4 is 15.5 Å². The SMILES string of the molecule is O=C1NC(=O)/C(=C\c2ccnc(N3CCC(CNCc4ccc(-c5ccsc5)o4)CC3)n2)S1. The van der Waals surface area contributed by atoms with Crippen molar-refractivity contribution in [1.82, 2.24) is 20.6 Å². The molecular formula is C23H23N5O3S2. The third kappa shape index (κ3) is 5.35. The summed E-state index contributed by atoms with van der Waals surface area (Å²) < 4.78 is 5.93. The van der Waals surface area contributed by atoms with Crippen LogP contribution in [0.15, 0.2) is 50.5 Å². The number of piperidine rings is 1. The fraction of sp³-hybridized carbons (Fsp3) is 0.304. The monoisotopic (exact) mass is 481 g/mol. The van der Waals surface area contributed by atoms with Crippen molar-refractivity contribution in [2.24, 2.45) is 5.92 Å². The highest BCUT2D eigenvalue weighted by molar-refractivity contribution is 8.18. The first kappa shape index (κ1) is 21.9. The molecule has 0 spiro atoms. The van der Waals surface area contributed by atoms with Gasteiger partial charge in [-0.1, -0.05) is 0 Å². The van der Waals surface area contributed by atoms with Gasteiger partial charge in [-0.3, -0.25) is 14.9 Å². The average molecular weight is 482 g/mol. The van der Waals surface area contributed by atoms with Gasteiger partial charge in [-0.15, -0.1) is 0 Å². The fourth-order valence-corrected chi connectivity index (χ4v) is 5.23. The van der Waals surface area contributed by atoms with Crippen molar-refractivity contribution in [1.29, 1.82) is 0 Å². The molecule has 0 saturated carbocycles. The standard InChI is InChI=1S/C23H23N5O3S2/c29-21-20(33-23(30)27-21)11-17-3-7-25-22(26-17)28-8-4-15(5-9-28)12-24-13-18-1-2-19(31-18)16-6-10-32-14-16/h1-3,6-7,10-11,14-15,24H,4-5,8-9,12-13H2,(H,27,29,30)/b20-11+. The fourth-order valence-electron chi connectivity index (χ4n) is 3.92. The second-order valence-corrected chi connectivity index (χ2v) is 9.77. The molecule has 2 aliphatic heterocycles. The van der Waals surface area contributed by atoms with E-state index in [4.69, 9.17) is 4.42 Å². The summed E-state index contributed by atoms with van der Waals surface area (Å²) in [6.45, 7) is 3.42. The van der Waals surface area contributed by atoms with Crippen LogP contribution in [-0.2, 0) is 11.3 Å². The van der Waals surface area contributed by atoms with E-state index in [2.05, 4.69) is 42.3 Å². The maximum Gasteiger partial charge on any atom is 0.290 e. The number of thioether (sulfide) groups is 1. The van der Waals surface area contributed by atoms with Crippen LogP contribution in [0.25, 0.3) is 17.4 Å². The summed E-state index contributed by atoms with van der Waals surface area (Å²) in [7, 11) is 0. The van der Waals surface area contributed by atoms with Gasteiger partial charge in [-0.25, -0.2) is 9.97 Å². The molecule has 170 valence electrons. The van der Waals surface area contributed by atoms with Crippen molar-refractivity contribution >= 4 is 46.3 Å². The zero-order valence-electron chi connectivity index (χ0n) is 17.8. The molecule has 2 aliphatic rings. The van der Waals surface area contributed by atoms with Gasteiger partial charge in [-0.05, 0) is 72.8 Å². The first-order valence-corrected chi connectivity index (χ1v) is 12.5. The molecule has 5 rings (SSSR count). The number of thiophene rings is 1. The van der Waals surface area contributed by atoms with E-state index < -0.39 is 0 Å². The number of nitrogens with zero attached hydrogens (tertiary/aromatic N) is 3. The lowest BCUT2D eigenvalue weighted by atomic mass is 9.97. The predicted octanol–water partition coefficient (Wildman–Crippen LogP) is 4.13. The number of furan rings is 1. The van der Waals surface area contributed by atoms with E-state index in [1.807, 2.05) is 12.1 Å². The number of carbonyl (C=O) groups is 2. The van der Waals surface area contributed by atoms with E-state index in [-0.39, 0.29) is 11.1 Å². The number of hydrogen-bond donors (Lipinski definition) is 2. The average Bonchev–Trinajstić information content (AvgIpc) is 3.57. The molecule has 3 aromatic heterocycles. The lowest BCUT2D eigenvalue weighted by Gasteiger charge is -2.32. The Kier molecular flexibility index (Phi) is 6.56. The molecule has 8 nitrogen and oxygen atoms in total. The second-order valence-electron chi connectivity index (χ2n) is 7.97. The van der Waals surface area contributed by atoms with Gasteiger partial charge in [0.25, 0.3) is 11.1 Å². The van der Waals surface area contributed by atoms with Gasteiger partial charge in [0.2, 0.25) is 5.95 Å². The Hall–Kier alpha value is -2.95. The van der Waals surface area contributed by atoms with Gasteiger partial charge < -0.3 is 14.6 Å². The van der Waals surface area contributed by atoms with Crippen LogP contribution in [0.4, 0.5) is 10.7 Å². The minimum absolute atomic E-state index is 0.355. The van der Waals surface area contributed by atoms with E-state index in [0.29, 0.717) is 22.5 Å². The quantitative estimate of drug-likeness (QED) is 0.486. The van der Waals surface area contributed by atoms with Crippen LogP contribution in [0.2, 0.25) is 0 Å². The number of carbonyl (C=O) groups excluding carboxylic acids is 2. The molecular weight excluding hydrogens is 458 g/mol. The van der Waals surface area contributed by atoms with Gasteiger partial charge in [0, 0.05) is 30.2 Å². The summed E-state index contributed by atoms with van der Waals surface area (Å²) in [5.74, 6) is 2.72. The number of nitrogens with one attached hydrogen (secondary N) is 2. The summed E-state index contributed by atoms with van der Waals surface area (Å²) in [4.78, 5) is 34.6. The molecule has 0 atom stereocenters. The molecule has 0 bridgehead atoms. The number of amides is 2. The van der Waals surface area contributed by atoms with Gasteiger partial charge in [0.15, 0.2) is 0 Å². The van der Waals surface area contributed by atoms with Gasteiger partial charge in [0.1, 0.15) is 11.5 Å². The first-order chi connectivity index (χ1) is 16.1. The van der Waals surface area contributed by atoms with Crippen LogP contribution >= 0.6 is 23.1 Å². The van der Waals surface area contributed by atoms with Crippen LogP contribution in [0.3, 0.4) is 0 Å². The maximum atomic E-state index is 11.8. The zero-order chi connectivity index (χ0) is 22.6. The topological polar surface area (TPSA) is 100 Å². The Morgan fingerprint density at radius 1 is 1.21 bits per heavy atom. The Labute approximate surface area is 199 Å². The van der Waals surface area contributed by atoms with Gasteiger partial charge >= 0.3 is 0 Å². The summed E-state index contributed by atoms with van der Waals surface area (Å²) in [5, 5.41) is 9.57. The third-order valence-corrected chi connectivity index (χ3v) is 7.18. The van der Waals surface area contributed by atoms with E-state index in [1.54, 1.807) is 29.7 Å². The highest BCUT2D eigenvalue weighted by Gasteiger charge is 2.25. The molecule has 2 saturated heterocycles. The van der Waals surface area contributed by atoms with Crippen LogP contribution in [0.5, 0.6) is 0 Å². The summed E-state index contributed by atoms with van der Waals surface area (Å²) in [5.41, 5.74) is 1.75. The van der Waals surface area contributed by atoms with E-state index >= 15 is 0 Å². The normalized spacial score (nSPS) is 18.3. The smallest absolute Gasteiger partial charge is 0.290 e. The molecule has 2 amide bonds. The first-order valence-electron chi connectivity index (χ1n) is 10.8. The molecule has 2 N–H and O–H groups in total. The van der Waals surface area contributed by atoms with Crippen molar-refractivity contribution in [3.63, 3.8) is 0 Å². The van der Waals surface area contributed by atoms with Crippen molar-refractivity contribution in [2.75, 3.05) is 24.5 Å². The summed E-state index contributed by atoms with van der Waals surface area (Å²) in [6, 6.07) is 7.86. The van der Waals surface area contributed by atoms with E-state index in [0.717, 1.165) is 67.9 Å². The van der Waals surface area contributed by atoms with Gasteiger partial charge in [-0.2, -0.15) is 11.3 Å². The predicted molar refractivity (Wildman–Crippen MR) is 130 cm³/mol. The Bertz CT molecular complexity index is 1170. The molecule has 10 heteroatoms. The van der Waals surface area contributed by atoms with Crippen LogP contribution in [0.1, 0.15) is 24.3 Å². The lowest BCUT2D eigenvalue weighted by Crippen LogP contribution is -2.38. The number of aromatic nitrogens is 2. The number of anilines is 1.